The Labute approximate surface area is 145 Å². The maximum Gasteiger partial charge on any atom is 0.170 e. The van der Waals surface area contributed by atoms with Crippen molar-refractivity contribution in [2.75, 3.05) is 0 Å². The van der Waals surface area contributed by atoms with Crippen LogP contribution >= 0.6 is 12.2 Å². The fourth-order valence-corrected chi connectivity index (χ4v) is 3.34. The van der Waals surface area contributed by atoms with Crippen LogP contribution < -0.4 is 5.32 Å². The lowest BCUT2D eigenvalue weighted by atomic mass is 10.0. The Morgan fingerprint density at radius 3 is 2.79 bits per heavy atom. The molecule has 120 valence electrons. The number of pyridine rings is 2. The molecule has 4 rings (SSSR count). The molecule has 3 aromatic heterocycles. The first-order valence-electron chi connectivity index (χ1n) is 7.73. The fourth-order valence-electron chi connectivity index (χ4n) is 3.03. The normalized spacial score (nSPS) is 20.2. The highest BCUT2D eigenvalue weighted by Gasteiger charge is 2.41. The third kappa shape index (κ3) is 2.76. The standard InChI is InChI=1S/C18H16N4OS/c24-18-21-16(14-6-1-2-9-20-14)17(15-7-4-10-23-15)22(18)12-13-5-3-8-19-11-13/h1-11,16-17H,12H2,(H,21,24)/t16-,17+/m0/s1. The molecule has 4 heterocycles. The van der Waals surface area contributed by atoms with Gasteiger partial charge in [0.25, 0.3) is 0 Å². The zero-order valence-corrected chi connectivity index (χ0v) is 13.7. The van der Waals surface area contributed by atoms with Crippen LogP contribution in [0.4, 0.5) is 0 Å². The van der Waals surface area contributed by atoms with Gasteiger partial charge in [0.15, 0.2) is 5.11 Å². The summed E-state index contributed by atoms with van der Waals surface area (Å²) in [6.45, 7) is 0.661. The number of nitrogens with one attached hydrogen (secondary N) is 1. The third-order valence-electron chi connectivity index (χ3n) is 4.11. The van der Waals surface area contributed by atoms with Crippen molar-refractivity contribution in [2.24, 2.45) is 0 Å². The molecule has 2 atom stereocenters. The first-order valence-corrected chi connectivity index (χ1v) is 8.14. The second kappa shape index (κ2) is 6.41. The fraction of sp³-hybridized carbons (Fsp3) is 0.167. The maximum atomic E-state index is 5.70. The van der Waals surface area contributed by atoms with Crippen molar-refractivity contribution in [1.29, 1.82) is 0 Å². The molecule has 0 amide bonds. The quantitative estimate of drug-likeness (QED) is 0.738. The van der Waals surface area contributed by atoms with Gasteiger partial charge in [0.1, 0.15) is 11.8 Å². The lowest BCUT2D eigenvalue weighted by Crippen LogP contribution is -2.29. The summed E-state index contributed by atoms with van der Waals surface area (Å²) in [5.41, 5.74) is 2.04. The van der Waals surface area contributed by atoms with Crippen LogP contribution in [-0.4, -0.2) is 20.0 Å². The molecule has 1 aliphatic heterocycles. The molecule has 0 aromatic carbocycles. The molecule has 0 spiro atoms. The van der Waals surface area contributed by atoms with Crippen LogP contribution in [-0.2, 0) is 6.54 Å². The van der Waals surface area contributed by atoms with E-state index in [4.69, 9.17) is 16.6 Å². The van der Waals surface area contributed by atoms with Crippen molar-refractivity contribution < 1.29 is 4.42 Å². The van der Waals surface area contributed by atoms with Gasteiger partial charge >= 0.3 is 0 Å². The Morgan fingerprint density at radius 2 is 2.08 bits per heavy atom. The first-order chi connectivity index (χ1) is 11.8. The average Bonchev–Trinajstić information content (AvgIpc) is 3.25. The lowest BCUT2D eigenvalue weighted by Gasteiger charge is -2.25. The predicted octanol–water partition coefficient (Wildman–Crippen LogP) is 3.24. The molecule has 1 fully saturated rings. The van der Waals surface area contributed by atoms with Crippen LogP contribution in [0.3, 0.4) is 0 Å². The smallest absolute Gasteiger partial charge is 0.170 e. The Balaban J connectivity index is 1.71. The number of rotatable bonds is 4. The van der Waals surface area contributed by atoms with Gasteiger partial charge in [0, 0.05) is 25.1 Å². The van der Waals surface area contributed by atoms with Gasteiger partial charge in [0.05, 0.1) is 18.0 Å². The van der Waals surface area contributed by atoms with Crippen molar-refractivity contribution in [3.63, 3.8) is 0 Å². The van der Waals surface area contributed by atoms with Gasteiger partial charge in [-0.1, -0.05) is 12.1 Å². The van der Waals surface area contributed by atoms with Crippen LogP contribution in [0.2, 0.25) is 0 Å². The van der Waals surface area contributed by atoms with Gasteiger partial charge in [-0.2, -0.15) is 0 Å². The zero-order valence-electron chi connectivity index (χ0n) is 12.9. The summed E-state index contributed by atoms with van der Waals surface area (Å²) in [6.07, 6.45) is 7.11. The Bertz CT molecular complexity index is 808. The topological polar surface area (TPSA) is 54.2 Å². The molecular formula is C18H16N4OS. The van der Waals surface area contributed by atoms with E-state index in [0.717, 1.165) is 17.0 Å². The number of nitrogens with zero attached hydrogens (tertiary/aromatic N) is 3. The second-order valence-corrected chi connectivity index (χ2v) is 6.02. The molecule has 0 saturated carbocycles. The molecule has 1 aliphatic rings. The van der Waals surface area contributed by atoms with E-state index in [-0.39, 0.29) is 12.1 Å². The number of hydrogen-bond donors (Lipinski definition) is 1. The lowest BCUT2D eigenvalue weighted by molar-refractivity contribution is 0.267. The molecule has 3 aromatic rings. The van der Waals surface area contributed by atoms with Gasteiger partial charge in [-0.25, -0.2) is 0 Å². The summed E-state index contributed by atoms with van der Waals surface area (Å²) >= 11 is 5.59. The monoisotopic (exact) mass is 336 g/mol. The van der Waals surface area contributed by atoms with Crippen molar-refractivity contribution in [2.45, 2.75) is 18.6 Å². The number of furan rings is 1. The van der Waals surface area contributed by atoms with Gasteiger partial charge in [-0.05, 0) is 48.1 Å². The van der Waals surface area contributed by atoms with E-state index in [9.17, 15) is 0 Å². The molecule has 0 radical (unpaired) electrons. The van der Waals surface area contributed by atoms with E-state index in [1.54, 1.807) is 18.7 Å². The van der Waals surface area contributed by atoms with E-state index < -0.39 is 0 Å². The minimum absolute atomic E-state index is 0.0531. The summed E-state index contributed by atoms with van der Waals surface area (Å²) in [7, 11) is 0. The van der Waals surface area contributed by atoms with Crippen LogP contribution in [0, 0.1) is 0 Å². The highest BCUT2D eigenvalue weighted by Crippen LogP contribution is 2.39. The molecule has 5 nitrogen and oxygen atoms in total. The zero-order chi connectivity index (χ0) is 16.4. The van der Waals surface area contributed by atoms with Crippen molar-refractivity contribution >= 4 is 17.3 Å². The summed E-state index contributed by atoms with van der Waals surface area (Å²) < 4.78 is 5.70. The summed E-state index contributed by atoms with van der Waals surface area (Å²) in [5, 5.41) is 4.08. The molecule has 0 unspecified atom stereocenters. The largest absolute Gasteiger partial charge is 0.467 e. The minimum atomic E-state index is -0.0541. The second-order valence-electron chi connectivity index (χ2n) is 5.63. The summed E-state index contributed by atoms with van der Waals surface area (Å²) in [5.74, 6) is 0.863. The van der Waals surface area contributed by atoms with E-state index in [2.05, 4.69) is 20.2 Å². The maximum absolute atomic E-state index is 5.70. The molecule has 6 heteroatoms. The van der Waals surface area contributed by atoms with Crippen molar-refractivity contribution in [3.05, 3.63) is 84.3 Å². The highest BCUT2D eigenvalue weighted by molar-refractivity contribution is 7.80. The number of hydrogen-bond acceptors (Lipinski definition) is 4. The molecular weight excluding hydrogens is 320 g/mol. The first kappa shape index (κ1) is 14.8. The van der Waals surface area contributed by atoms with E-state index in [0.29, 0.717) is 11.7 Å². The van der Waals surface area contributed by atoms with Gasteiger partial charge < -0.3 is 14.6 Å². The van der Waals surface area contributed by atoms with Crippen LogP contribution in [0.15, 0.2) is 71.7 Å². The predicted molar refractivity (Wildman–Crippen MR) is 93.9 cm³/mol. The molecule has 0 aliphatic carbocycles. The van der Waals surface area contributed by atoms with Gasteiger partial charge in [0.2, 0.25) is 0 Å². The van der Waals surface area contributed by atoms with Gasteiger partial charge in [-0.15, -0.1) is 0 Å². The van der Waals surface area contributed by atoms with Crippen LogP contribution in [0.25, 0.3) is 0 Å². The molecule has 1 N–H and O–H groups in total. The Morgan fingerprint density at radius 1 is 1.12 bits per heavy atom. The van der Waals surface area contributed by atoms with E-state index in [1.165, 1.54) is 0 Å². The van der Waals surface area contributed by atoms with Crippen LogP contribution in [0.5, 0.6) is 0 Å². The van der Waals surface area contributed by atoms with Crippen LogP contribution in [0.1, 0.15) is 29.1 Å². The summed E-state index contributed by atoms with van der Waals surface area (Å²) in [6, 6.07) is 13.6. The van der Waals surface area contributed by atoms with E-state index in [1.807, 2.05) is 48.7 Å². The molecule has 1 saturated heterocycles. The Kier molecular flexibility index (Phi) is 3.96. The third-order valence-corrected chi connectivity index (χ3v) is 4.46. The highest BCUT2D eigenvalue weighted by atomic mass is 32.1. The SMILES string of the molecule is S=C1N[C@@H](c2ccccn2)[C@@H](c2ccco2)N1Cc1cccnc1. The van der Waals surface area contributed by atoms with Crippen molar-refractivity contribution in [3.8, 4) is 0 Å². The van der Waals surface area contributed by atoms with Crippen molar-refractivity contribution in [1.82, 2.24) is 20.2 Å². The number of thiocarbonyl (C=S) groups is 1. The minimum Gasteiger partial charge on any atom is -0.467 e. The Hall–Kier alpha value is -2.73. The average molecular weight is 336 g/mol. The van der Waals surface area contributed by atoms with Gasteiger partial charge in [-0.3, -0.25) is 9.97 Å². The summed E-state index contributed by atoms with van der Waals surface area (Å²) in [4.78, 5) is 10.8. The molecule has 0 bridgehead atoms. The van der Waals surface area contributed by atoms with E-state index >= 15 is 0 Å². The number of aromatic nitrogens is 2. The molecule has 24 heavy (non-hydrogen) atoms.